The van der Waals surface area contributed by atoms with Crippen molar-refractivity contribution in [2.24, 2.45) is 0 Å². The van der Waals surface area contributed by atoms with Gasteiger partial charge in [0.05, 0.1) is 5.39 Å². The number of nitrogens with zero attached hydrogens (tertiary/aromatic N) is 1. The van der Waals surface area contributed by atoms with Gasteiger partial charge in [-0.1, -0.05) is 0 Å². The van der Waals surface area contributed by atoms with Crippen molar-refractivity contribution in [3.05, 3.63) is 0 Å². The highest BCUT2D eigenvalue weighted by atomic mass is 17.2. The molecule has 0 amide bonds. The minimum absolute atomic E-state index is 0.292. The Kier molecular flexibility index (Phi) is 13.6. The predicted octanol–water partition coefficient (Wildman–Crippen LogP) is -1.98. The number of carboxylic acid groups (broad SMARTS) is 1. The highest BCUT2D eigenvalue weighted by Crippen LogP contribution is 1.90. The van der Waals surface area contributed by atoms with E-state index in [4.69, 9.17) is 25.2 Å². The maximum absolute atomic E-state index is 9.00. The fourth-order valence-corrected chi connectivity index (χ4v) is 0.253. The second kappa shape index (κ2) is 12.2. The van der Waals surface area contributed by atoms with Crippen LogP contribution in [0.25, 0.3) is 0 Å². The molecule has 0 radical (unpaired) electrons. The van der Waals surface area contributed by atoms with E-state index in [2.05, 4.69) is 14.5 Å². The van der Waals surface area contributed by atoms with Gasteiger partial charge in [-0.15, -0.1) is 0 Å². The average molecular weight is 215 g/mol. The van der Waals surface area contributed by atoms with E-state index in [1.807, 2.05) is 0 Å². The lowest BCUT2D eigenvalue weighted by Gasteiger charge is -2.14. The van der Waals surface area contributed by atoms with Crippen molar-refractivity contribution in [3.63, 3.8) is 0 Å². The quantitative estimate of drug-likeness (QED) is 0.294. The highest BCUT2D eigenvalue weighted by molar-refractivity contribution is 5.62. The van der Waals surface area contributed by atoms with Crippen LogP contribution in [0, 0.1) is 0 Å². The number of rotatable bonds is 6. The molecule has 0 aliphatic rings. The van der Waals surface area contributed by atoms with Crippen LogP contribution in [-0.4, -0.2) is 52.2 Å². The van der Waals surface area contributed by atoms with Crippen LogP contribution in [0.15, 0.2) is 0 Å². The van der Waals surface area contributed by atoms with Crippen molar-refractivity contribution >= 4 is 5.97 Å². The molecule has 0 rings (SSSR count). The second-order valence-electron chi connectivity index (χ2n) is 1.52. The molecular formula is C5H13NO8. The molecule has 0 heterocycles. The SMILES string of the molecule is CC(=O)O.OCON(OCO)OCO. The van der Waals surface area contributed by atoms with Crippen molar-refractivity contribution in [1.82, 2.24) is 5.39 Å². The van der Waals surface area contributed by atoms with Gasteiger partial charge >= 0.3 is 0 Å². The zero-order chi connectivity index (χ0) is 11.4. The standard InChI is InChI=1S/C3H9NO6.C2H4O2/c5-1-8-4(9-2-6)10-3-7;1-2(3)4/h5-7H,1-3H2;1H3,(H,3,4). The molecular weight excluding hydrogens is 202 g/mol. The fourth-order valence-electron chi connectivity index (χ4n) is 0.253. The summed E-state index contributed by atoms with van der Waals surface area (Å²) in [5.74, 6) is -0.833. The summed E-state index contributed by atoms with van der Waals surface area (Å²) in [6.45, 7) is -0.958. The first-order valence-electron chi connectivity index (χ1n) is 3.29. The van der Waals surface area contributed by atoms with Crippen LogP contribution in [0.1, 0.15) is 6.92 Å². The molecule has 0 bridgehead atoms. The molecule has 0 saturated heterocycles. The van der Waals surface area contributed by atoms with Crippen molar-refractivity contribution in [1.29, 1.82) is 0 Å². The number of aliphatic carboxylic acids is 1. The van der Waals surface area contributed by atoms with Gasteiger partial charge in [-0.05, 0) is 0 Å². The van der Waals surface area contributed by atoms with E-state index in [-0.39, 0.29) is 0 Å². The van der Waals surface area contributed by atoms with Crippen molar-refractivity contribution in [3.8, 4) is 0 Å². The number of hydrogen-bond acceptors (Lipinski definition) is 8. The maximum atomic E-state index is 9.00. The summed E-state index contributed by atoms with van der Waals surface area (Å²) in [4.78, 5) is 21.4. The first-order chi connectivity index (χ1) is 6.58. The predicted molar refractivity (Wildman–Crippen MR) is 39.7 cm³/mol. The molecule has 0 aliphatic heterocycles. The Bertz CT molecular complexity index is 113. The zero-order valence-electron chi connectivity index (χ0n) is 7.49. The first-order valence-corrected chi connectivity index (χ1v) is 3.29. The van der Waals surface area contributed by atoms with E-state index >= 15 is 0 Å². The van der Waals surface area contributed by atoms with Crippen molar-refractivity contribution in [2.75, 3.05) is 20.4 Å². The van der Waals surface area contributed by atoms with Gasteiger partial charge in [-0.2, -0.15) is 0 Å². The van der Waals surface area contributed by atoms with Gasteiger partial charge in [0.1, 0.15) is 0 Å². The molecule has 0 aromatic carbocycles. The molecule has 9 heteroatoms. The Morgan fingerprint density at radius 1 is 1.07 bits per heavy atom. The van der Waals surface area contributed by atoms with Crippen LogP contribution in [-0.2, 0) is 19.3 Å². The molecule has 0 fully saturated rings. The summed E-state index contributed by atoms with van der Waals surface area (Å²) >= 11 is 0. The number of aliphatic hydroxyl groups excluding tert-OH is 3. The van der Waals surface area contributed by atoms with Gasteiger partial charge in [0, 0.05) is 6.92 Å². The number of carboxylic acids is 1. The van der Waals surface area contributed by atoms with E-state index in [0.717, 1.165) is 6.92 Å². The minimum atomic E-state index is -0.833. The number of aliphatic hydroxyl groups is 3. The van der Waals surface area contributed by atoms with E-state index in [0.29, 0.717) is 5.39 Å². The van der Waals surface area contributed by atoms with Gasteiger partial charge in [0.25, 0.3) is 5.97 Å². The number of carbonyl (C=O) groups is 1. The monoisotopic (exact) mass is 215 g/mol. The Morgan fingerprint density at radius 2 is 1.29 bits per heavy atom. The first kappa shape index (κ1) is 15.7. The Balaban J connectivity index is 0. The van der Waals surface area contributed by atoms with E-state index in [9.17, 15) is 0 Å². The summed E-state index contributed by atoms with van der Waals surface area (Å²) in [5.41, 5.74) is 0. The van der Waals surface area contributed by atoms with Crippen LogP contribution in [0.4, 0.5) is 0 Å². The fraction of sp³-hybridized carbons (Fsp3) is 0.800. The van der Waals surface area contributed by atoms with Crippen molar-refractivity contribution in [2.45, 2.75) is 6.92 Å². The lowest BCUT2D eigenvalue weighted by Crippen LogP contribution is -2.26. The largest absolute Gasteiger partial charge is 0.481 e. The highest BCUT2D eigenvalue weighted by Gasteiger charge is 2.03. The minimum Gasteiger partial charge on any atom is -0.481 e. The molecule has 0 aromatic heterocycles. The van der Waals surface area contributed by atoms with Crippen LogP contribution in [0.5, 0.6) is 0 Å². The summed E-state index contributed by atoms with van der Waals surface area (Å²) < 4.78 is 0. The van der Waals surface area contributed by atoms with Gasteiger partial charge < -0.3 is 20.4 Å². The molecule has 0 atom stereocenters. The molecule has 0 aliphatic carbocycles. The summed E-state index contributed by atoms with van der Waals surface area (Å²) in [6, 6.07) is 0. The van der Waals surface area contributed by atoms with E-state index < -0.39 is 26.3 Å². The lowest BCUT2D eigenvalue weighted by molar-refractivity contribution is -0.554. The second-order valence-corrected chi connectivity index (χ2v) is 1.52. The lowest BCUT2D eigenvalue weighted by atomic mass is 10.9. The van der Waals surface area contributed by atoms with Crippen LogP contribution < -0.4 is 0 Å². The summed E-state index contributed by atoms with van der Waals surface area (Å²) in [7, 11) is 0. The molecule has 0 saturated carbocycles. The normalized spacial score (nSPS) is 9.50. The number of hydrogen-bond donors (Lipinski definition) is 4. The zero-order valence-corrected chi connectivity index (χ0v) is 7.49. The molecule has 14 heavy (non-hydrogen) atoms. The molecule has 0 unspecified atom stereocenters. The van der Waals surface area contributed by atoms with Gasteiger partial charge in [0.2, 0.25) is 0 Å². The van der Waals surface area contributed by atoms with Gasteiger partial charge in [0.15, 0.2) is 20.4 Å². The molecule has 0 spiro atoms. The summed E-state index contributed by atoms with van der Waals surface area (Å²) in [6.07, 6.45) is 0. The maximum Gasteiger partial charge on any atom is 0.300 e. The average Bonchev–Trinajstić information content (AvgIpc) is 2.04. The van der Waals surface area contributed by atoms with E-state index in [1.54, 1.807) is 0 Å². The summed E-state index contributed by atoms with van der Waals surface area (Å²) in [5, 5.41) is 32.0. The topological polar surface area (TPSA) is 129 Å². The smallest absolute Gasteiger partial charge is 0.300 e. The van der Waals surface area contributed by atoms with E-state index in [1.165, 1.54) is 0 Å². The molecule has 9 nitrogen and oxygen atoms in total. The Morgan fingerprint density at radius 3 is 1.43 bits per heavy atom. The van der Waals surface area contributed by atoms with Crippen LogP contribution in [0.3, 0.4) is 0 Å². The third kappa shape index (κ3) is 17.3. The Labute approximate surface area is 79.5 Å². The van der Waals surface area contributed by atoms with Gasteiger partial charge in [-0.25, -0.2) is 14.5 Å². The van der Waals surface area contributed by atoms with Crippen molar-refractivity contribution < 1.29 is 39.7 Å². The van der Waals surface area contributed by atoms with Gasteiger partial charge in [-0.3, -0.25) is 4.79 Å². The molecule has 86 valence electrons. The Hall–Kier alpha value is -0.810. The van der Waals surface area contributed by atoms with Crippen LogP contribution in [0.2, 0.25) is 0 Å². The third-order valence-electron chi connectivity index (χ3n) is 0.489. The molecule has 4 N–H and O–H groups in total. The third-order valence-corrected chi connectivity index (χ3v) is 0.489. The molecule has 0 aromatic rings. The van der Waals surface area contributed by atoms with Crippen LogP contribution >= 0.6 is 0 Å².